The molecule has 2 rings (SSSR count). The van der Waals surface area contributed by atoms with E-state index in [1.807, 2.05) is 30.3 Å². The van der Waals surface area contributed by atoms with Gasteiger partial charge in [0.1, 0.15) is 6.54 Å². The Labute approximate surface area is 187 Å². The van der Waals surface area contributed by atoms with E-state index in [-0.39, 0.29) is 43.8 Å². The summed E-state index contributed by atoms with van der Waals surface area (Å²) in [5, 5.41) is 7.93. The number of nitrogens with zero attached hydrogens (tertiary/aromatic N) is 1. The maximum atomic E-state index is 12.1. The van der Waals surface area contributed by atoms with E-state index in [0.29, 0.717) is 12.2 Å². The highest BCUT2D eigenvalue weighted by Crippen LogP contribution is 2.10. The van der Waals surface area contributed by atoms with E-state index in [1.165, 1.54) is 7.11 Å². The molecule has 0 aromatic heterocycles. The second-order valence-electron chi connectivity index (χ2n) is 7.10. The first-order chi connectivity index (χ1) is 15.4. The van der Waals surface area contributed by atoms with Gasteiger partial charge in [0, 0.05) is 32.2 Å². The highest BCUT2D eigenvalue weighted by Gasteiger charge is 2.10. The van der Waals surface area contributed by atoms with Crippen molar-refractivity contribution in [2.45, 2.75) is 19.4 Å². The van der Waals surface area contributed by atoms with Crippen LogP contribution in [0.1, 0.15) is 17.5 Å². The van der Waals surface area contributed by atoms with Gasteiger partial charge in [-0.05, 0) is 23.3 Å². The summed E-state index contributed by atoms with van der Waals surface area (Å²) in [5.41, 5.74) is 2.34. The summed E-state index contributed by atoms with van der Waals surface area (Å²) in [5.74, 6) is -1.06. The van der Waals surface area contributed by atoms with Crippen molar-refractivity contribution < 1.29 is 23.9 Å². The number of carbonyl (C=O) groups is 4. The first-order valence-corrected chi connectivity index (χ1v) is 10.1. The lowest BCUT2D eigenvalue weighted by molar-refractivity contribution is -0.141. The molecule has 0 unspecified atom stereocenters. The van der Waals surface area contributed by atoms with Gasteiger partial charge in [-0.2, -0.15) is 0 Å². The second kappa shape index (κ2) is 12.7. The summed E-state index contributed by atoms with van der Waals surface area (Å²) in [6, 6.07) is 16.2. The summed E-state index contributed by atoms with van der Waals surface area (Å²) in [6.07, 6.45) is 0.232. The third kappa shape index (κ3) is 8.86. The number of rotatable bonds is 10. The van der Waals surface area contributed by atoms with Crippen molar-refractivity contribution in [1.82, 2.24) is 15.5 Å². The van der Waals surface area contributed by atoms with Crippen molar-refractivity contribution in [3.63, 3.8) is 0 Å². The summed E-state index contributed by atoms with van der Waals surface area (Å²) in [4.78, 5) is 48.6. The maximum Gasteiger partial charge on any atom is 0.325 e. The number of anilines is 1. The van der Waals surface area contributed by atoms with Crippen LogP contribution >= 0.6 is 0 Å². The fraction of sp³-hybridized carbons (Fsp3) is 0.304. The largest absolute Gasteiger partial charge is 0.468 e. The number of nitrogens with one attached hydrogen (secondary N) is 3. The van der Waals surface area contributed by atoms with E-state index in [1.54, 1.807) is 36.2 Å². The third-order valence-corrected chi connectivity index (χ3v) is 4.50. The van der Waals surface area contributed by atoms with Crippen LogP contribution in [-0.2, 0) is 32.1 Å². The number of benzene rings is 2. The molecule has 32 heavy (non-hydrogen) atoms. The Balaban J connectivity index is 1.68. The van der Waals surface area contributed by atoms with Crippen LogP contribution in [0.25, 0.3) is 0 Å². The third-order valence-electron chi connectivity index (χ3n) is 4.50. The van der Waals surface area contributed by atoms with Crippen LogP contribution in [0, 0.1) is 0 Å². The molecule has 3 N–H and O–H groups in total. The lowest BCUT2D eigenvalue weighted by Gasteiger charge is -2.18. The van der Waals surface area contributed by atoms with Crippen molar-refractivity contribution >= 4 is 29.5 Å². The smallest absolute Gasteiger partial charge is 0.325 e. The Hall–Kier alpha value is -3.88. The number of ether oxygens (including phenoxy) is 1. The molecule has 9 nitrogen and oxygen atoms in total. The van der Waals surface area contributed by atoms with Crippen molar-refractivity contribution in [3.05, 3.63) is 65.7 Å². The zero-order valence-electron chi connectivity index (χ0n) is 18.2. The number of esters is 1. The molecule has 0 saturated carbocycles. The summed E-state index contributed by atoms with van der Waals surface area (Å²) in [6.45, 7) is 0.510. The van der Waals surface area contributed by atoms with Crippen LogP contribution in [0.5, 0.6) is 0 Å². The van der Waals surface area contributed by atoms with Crippen LogP contribution in [0.2, 0.25) is 0 Å². The number of urea groups is 1. The van der Waals surface area contributed by atoms with Gasteiger partial charge < -0.3 is 25.6 Å². The van der Waals surface area contributed by atoms with Gasteiger partial charge in [-0.25, -0.2) is 4.79 Å². The van der Waals surface area contributed by atoms with Gasteiger partial charge in [-0.15, -0.1) is 0 Å². The number of carbonyl (C=O) groups excluding carboxylic acids is 4. The summed E-state index contributed by atoms with van der Waals surface area (Å²) >= 11 is 0. The topological polar surface area (TPSA) is 117 Å². The van der Waals surface area contributed by atoms with Gasteiger partial charge in [-0.3, -0.25) is 14.4 Å². The molecule has 0 fully saturated rings. The molecule has 2 aromatic rings. The monoisotopic (exact) mass is 440 g/mol. The molecular formula is C23H28N4O5. The lowest BCUT2D eigenvalue weighted by atomic mass is 10.1. The Morgan fingerprint density at radius 2 is 1.56 bits per heavy atom. The highest BCUT2D eigenvalue weighted by atomic mass is 16.5. The van der Waals surface area contributed by atoms with Crippen LogP contribution < -0.4 is 16.0 Å². The molecule has 170 valence electrons. The first kappa shape index (κ1) is 24.4. The minimum atomic E-state index is -0.518. The minimum absolute atomic E-state index is 0.105. The molecule has 9 heteroatoms. The SMILES string of the molecule is COC(=O)CNC(=O)Cc1ccc(NC(=O)CCNC(=O)N(C)Cc2ccccc2)cc1. The van der Waals surface area contributed by atoms with Crippen LogP contribution in [0.4, 0.5) is 10.5 Å². The van der Waals surface area contributed by atoms with Crippen molar-refractivity contribution in [2.24, 2.45) is 0 Å². The van der Waals surface area contributed by atoms with Crippen LogP contribution in [-0.4, -0.2) is 56.0 Å². The van der Waals surface area contributed by atoms with Crippen molar-refractivity contribution in [1.29, 1.82) is 0 Å². The first-order valence-electron chi connectivity index (χ1n) is 10.1. The Bertz CT molecular complexity index is 916. The molecule has 0 heterocycles. The summed E-state index contributed by atoms with van der Waals surface area (Å²) in [7, 11) is 2.94. The van der Waals surface area contributed by atoms with E-state index in [4.69, 9.17) is 0 Å². The van der Waals surface area contributed by atoms with E-state index in [9.17, 15) is 19.2 Å². The van der Waals surface area contributed by atoms with E-state index in [0.717, 1.165) is 11.1 Å². The highest BCUT2D eigenvalue weighted by molar-refractivity contribution is 5.91. The average molecular weight is 441 g/mol. The Morgan fingerprint density at radius 3 is 2.22 bits per heavy atom. The van der Waals surface area contributed by atoms with Crippen LogP contribution in [0.15, 0.2) is 54.6 Å². The average Bonchev–Trinajstić information content (AvgIpc) is 2.79. The van der Waals surface area contributed by atoms with Gasteiger partial charge >= 0.3 is 12.0 Å². The number of methoxy groups -OCH3 is 1. The van der Waals surface area contributed by atoms with Crippen molar-refractivity contribution in [3.8, 4) is 0 Å². The molecule has 2 aromatic carbocycles. The molecule has 0 radical (unpaired) electrons. The second-order valence-corrected chi connectivity index (χ2v) is 7.10. The fourth-order valence-electron chi connectivity index (χ4n) is 2.77. The molecule has 0 spiro atoms. The lowest BCUT2D eigenvalue weighted by Crippen LogP contribution is -2.38. The molecule has 0 bridgehead atoms. The van der Waals surface area contributed by atoms with Gasteiger partial charge in [0.25, 0.3) is 0 Å². The molecule has 0 aliphatic rings. The van der Waals surface area contributed by atoms with E-state index in [2.05, 4.69) is 20.7 Å². The fourth-order valence-corrected chi connectivity index (χ4v) is 2.77. The maximum absolute atomic E-state index is 12.1. The summed E-state index contributed by atoms with van der Waals surface area (Å²) < 4.78 is 4.46. The van der Waals surface area contributed by atoms with Crippen LogP contribution in [0.3, 0.4) is 0 Å². The molecule has 0 aliphatic carbocycles. The van der Waals surface area contributed by atoms with Gasteiger partial charge in [0.15, 0.2) is 0 Å². The molecular weight excluding hydrogens is 412 g/mol. The molecule has 0 atom stereocenters. The quantitative estimate of drug-likeness (QED) is 0.486. The predicted molar refractivity (Wildman–Crippen MR) is 120 cm³/mol. The Kier molecular flexibility index (Phi) is 9.70. The van der Waals surface area contributed by atoms with E-state index >= 15 is 0 Å². The molecule has 0 aliphatic heterocycles. The standard InChI is InChI=1S/C23H28N4O5/c1-27(16-18-6-4-3-5-7-18)23(31)24-13-12-20(28)26-19-10-8-17(9-11-19)14-21(29)25-15-22(30)32-2/h3-11H,12-16H2,1-2H3,(H,24,31)(H,25,29)(H,26,28). The minimum Gasteiger partial charge on any atom is -0.468 e. The van der Waals surface area contributed by atoms with E-state index < -0.39 is 5.97 Å². The molecule has 4 amide bonds. The normalized spacial score (nSPS) is 10.1. The predicted octanol–water partition coefficient (Wildman–Crippen LogP) is 1.69. The zero-order valence-corrected chi connectivity index (χ0v) is 18.2. The zero-order chi connectivity index (χ0) is 23.3. The van der Waals surface area contributed by atoms with Gasteiger partial charge in [0.2, 0.25) is 11.8 Å². The molecule has 0 saturated heterocycles. The van der Waals surface area contributed by atoms with Gasteiger partial charge in [0.05, 0.1) is 13.5 Å². The number of hydrogen-bond acceptors (Lipinski definition) is 5. The van der Waals surface area contributed by atoms with Gasteiger partial charge in [-0.1, -0.05) is 42.5 Å². The number of hydrogen-bond donors (Lipinski definition) is 3. The Morgan fingerprint density at radius 1 is 0.875 bits per heavy atom. The van der Waals surface area contributed by atoms with Crippen molar-refractivity contribution in [2.75, 3.05) is 32.6 Å². The number of amides is 4.